The van der Waals surface area contributed by atoms with Crippen LogP contribution in [-0.4, -0.2) is 65.2 Å². The fourth-order valence-corrected chi connectivity index (χ4v) is 2.31. The van der Waals surface area contributed by atoms with Crippen LogP contribution in [0.15, 0.2) is 0 Å². The number of esters is 1. The van der Waals surface area contributed by atoms with E-state index in [9.17, 15) is 14.7 Å². The van der Waals surface area contributed by atoms with Gasteiger partial charge in [-0.05, 0) is 0 Å². The normalized spacial score (nSPS) is 12.0. The average Bonchev–Trinajstić information content (AvgIpc) is 3.04. The van der Waals surface area contributed by atoms with Crippen molar-refractivity contribution in [1.82, 2.24) is 19.4 Å². The third kappa shape index (κ3) is 8.75. The molecule has 0 aliphatic rings. The number of nitrogens with zero attached hydrogens (tertiary/aromatic N) is 2. The quantitative estimate of drug-likeness (QED) is 0.338. The van der Waals surface area contributed by atoms with E-state index in [-0.39, 0.29) is 30.8 Å². The van der Waals surface area contributed by atoms with Crippen LogP contribution in [0.25, 0.3) is 0 Å². The van der Waals surface area contributed by atoms with Crippen LogP contribution >= 0.6 is 11.7 Å². The molecule has 1 aromatic heterocycles. The molecule has 10 heteroatoms. The van der Waals surface area contributed by atoms with Crippen molar-refractivity contribution >= 4 is 23.6 Å². The summed E-state index contributed by atoms with van der Waals surface area (Å²) in [7, 11) is 1.33. The van der Waals surface area contributed by atoms with Crippen molar-refractivity contribution in [3.8, 4) is 5.88 Å². The van der Waals surface area contributed by atoms with Crippen LogP contribution in [0.5, 0.6) is 5.88 Å². The van der Waals surface area contributed by atoms with Gasteiger partial charge in [0.25, 0.3) is 0 Å². The molecule has 1 unspecified atom stereocenters. The number of carbonyl (C=O) groups is 2. The first-order chi connectivity index (χ1) is 11.9. The number of amides is 1. The molecular weight excluding hydrogens is 348 g/mol. The Kier molecular flexibility index (Phi) is 9.97. The number of aliphatic hydroxyl groups is 1. The summed E-state index contributed by atoms with van der Waals surface area (Å²) in [6.45, 7) is 5.10. The predicted molar refractivity (Wildman–Crippen MR) is 92.5 cm³/mol. The summed E-state index contributed by atoms with van der Waals surface area (Å²) >= 11 is 0.992. The van der Waals surface area contributed by atoms with E-state index in [0.29, 0.717) is 37.6 Å². The summed E-state index contributed by atoms with van der Waals surface area (Å²) in [5.41, 5.74) is 0.576. The van der Waals surface area contributed by atoms with Crippen molar-refractivity contribution in [2.24, 2.45) is 5.92 Å². The van der Waals surface area contributed by atoms with Crippen molar-refractivity contribution < 1.29 is 24.2 Å². The summed E-state index contributed by atoms with van der Waals surface area (Å²) in [5.74, 6) is -0.0369. The molecule has 1 heterocycles. The smallest absolute Gasteiger partial charge is 0.305 e. The Balaban J connectivity index is 2.20. The first kappa shape index (κ1) is 21.3. The van der Waals surface area contributed by atoms with Gasteiger partial charge in [-0.1, -0.05) is 13.8 Å². The van der Waals surface area contributed by atoms with Gasteiger partial charge in [-0.15, -0.1) is 4.37 Å². The minimum Gasteiger partial charge on any atom is -0.473 e. The number of hydrogen-bond acceptors (Lipinski definition) is 9. The number of rotatable bonds is 12. The molecule has 0 radical (unpaired) electrons. The highest BCUT2D eigenvalue weighted by atomic mass is 32.1. The van der Waals surface area contributed by atoms with Gasteiger partial charge >= 0.3 is 5.97 Å². The lowest BCUT2D eigenvalue weighted by molar-refractivity contribution is -0.140. The minimum atomic E-state index is -0.726. The van der Waals surface area contributed by atoms with Crippen molar-refractivity contribution in [3.05, 3.63) is 5.69 Å². The van der Waals surface area contributed by atoms with Gasteiger partial charge in [0.2, 0.25) is 11.8 Å². The first-order valence-electron chi connectivity index (χ1n) is 8.11. The molecule has 1 atom stereocenters. The molecule has 0 fully saturated rings. The number of aromatic nitrogens is 2. The third-order valence-electron chi connectivity index (χ3n) is 3.23. The molecule has 3 N–H and O–H groups in total. The average molecular weight is 374 g/mol. The minimum absolute atomic E-state index is 0.00111. The molecule has 1 rings (SSSR count). The molecule has 142 valence electrons. The largest absolute Gasteiger partial charge is 0.473 e. The van der Waals surface area contributed by atoms with Crippen LogP contribution in [-0.2, 0) is 20.7 Å². The first-order valence-corrected chi connectivity index (χ1v) is 8.84. The highest BCUT2D eigenvalue weighted by Crippen LogP contribution is 2.17. The zero-order valence-electron chi connectivity index (χ0n) is 14.8. The molecule has 0 saturated heterocycles. The highest BCUT2D eigenvalue weighted by Gasteiger charge is 2.14. The highest BCUT2D eigenvalue weighted by molar-refractivity contribution is 6.99. The van der Waals surface area contributed by atoms with Gasteiger partial charge in [0.1, 0.15) is 18.4 Å². The molecular formula is C15H26N4O5S. The maximum Gasteiger partial charge on any atom is 0.305 e. The molecule has 0 aliphatic heterocycles. The third-order valence-corrected chi connectivity index (χ3v) is 3.78. The summed E-state index contributed by atoms with van der Waals surface area (Å²) in [6, 6.07) is 0. The lowest BCUT2D eigenvalue weighted by Gasteiger charge is -2.13. The van der Waals surface area contributed by atoms with Crippen LogP contribution in [0.3, 0.4) is 0 Å². The van der Waals surface area contributed by atoms with Crippen molar-refractivity contribution in [2.75, 3.05) is 33.4 Å². The molecule has 1 aromatic rings. The van der Waals surface area contributed by atoms with Gasteiger partial charge in [0.05, 0.1) is 25.3 Å². The van der Waals surface area contributed by atoms with Gasteiger partial charge in [-0.3, -0.25) is 9.59 Å². The summed E-state index contributed by atoms with van der Waals surface area (Å²) in [4.78, 5) is 22.5. The SMILES string of the molecule is COC(=O)CCc1nsnc1OCC(O)CNCCNC(=O)C(C)C. The molecule has 1 amide bonds. The predicted octanol–water partition coefficient (Wildman–Crippen LogP) is -0.255. The van der Waals surface area contributed by atoms with E-state index in [1.54, 1.807) is 0 Å². The van der Waals surface area contributed by atoms with Gasteiger partial charge in [0.15, 0.2) is 0 Å². The molecule has 0 saturated carbocycles. The van der Waals surface area contributed by atoms with Crippen LogP contribution < -0.4 is 15.4 Å². The number of methoxy groups -OCH3 is 1. The summed E-state index contributed by atoms with van der Waals surface area (Å²) < 4.78 is 18.1. The van der Waals surface area contributed by atoms with E-state index in [4.69, 9.17) is 4.74 Å². The molecule has 9 nitrogen and oxygen atoms in total. The number of aliphatic hydroxyl groups excluding tert-OH is 1. The fourth-order valence-electron chi connectivity index (χ4n) is 1.76. The van der Waals surface area contributed by atoms with Gasteiger partial charge in [0, 0.05) is 32.0 Å². The Morgan fingerprint density at radius 2 is 2.04 bits per heavy atom. The van der Waals surface area contributed by atoms with Gasteiger partial charge in [-0.2, -0.15) is 4.37 Å². The number of carbonyl (C=O) groups excluding carboxylic acids is 2. The zero-order chi connectivity index (χ0) is 18.7. The number of aryl methyl sites for hydroxylation is 1. The number of ether oxygens (including phenoxy) is 2. The molecule has 0 bridgehead atoms. The second-order valence-corrected chi connectivity index (χ2v) is 6.24. The van der Waals surface area contributed by atoms with E-state index >= 15 is 0 Å². The van der Waals surface area contributed by atoms with E-state index in [2.05, 4.69) is 24.1 Å². The Bertz CT molecular complexity index is 538. The van der Waals surface area contributed by atoms with Crippen LogP contribution in [0, 0.1) is 5.92 Å². The standard InChI is InChI=1S/C15H26N4O5S/c1-10(2)14(22)17-7-6-16-8-11(20)9-24-15-12(18-25-19-15)4-5-13(21)23-3/h10-11,16,20H,4-9H2,1-3H3,(H,17,22). The molecule has 0 aromatic carbocycles. The van der Waals surface area contributed by atoms with Crippen LogP contribution in [0.1, 0.15) is 26.0 Å². The maximum absolute atomic E-state index is 11.4. The van der Waals surface area contributed by atoms with Gasteiger partial charge < -0.3 is 25.2 Å². The molecule has 0 aliphatic carbocycles. The Morgan fingerprint density at radius 1 is 1.28 bits per heavy atom. The number of hydrogen-bond donors (Lipinski definition) is 3. The van der Waals surface area contributed by atoms with Crippen molar-refractivity contribution in [1.29, 1.82) is 0 Å². The monoisotopic (exact) mass is 374 g/mol. The lowest BCUT2D eigenvalue weighted by atomic mass is 10.2. The fraction of sp³-hybridized carbons (Fsp3) is 0.733. The topological polar surface area (TPSA) is 123 Å². The summed E-state index contributed by atoms with van der Waals surface area (Å²) in [5, 5.41) is 15.7. The Labute approximate surface area is 151 Å². The molecule has 25 heavy (non-hydrogen) atoms. The molecule has 0 spiro atoms. The van der Waals surface area contributed by atoms with Crippen LogP contribution in [0.2, 0.25) is 0 Å². The van der Waals surface area contributed by atoms with E-state index in [0.717, 1.165) is 11.7 Å². The van der Waals surface area contributed by atoms with E-state index < -0.39 is 6.10 Å². The van der Waals surface area contributed by atoms with Gasteiger partial charge in [-0.25, -0.2) is 0 Å². The number of nitrogens with one attached hydrogen (secondary N) is 2. The summed E-state index contributed by atoms with van der Waals surface area (Å²) in [6.07, 6.45) is -0.150. The maximum atomic E-state index is 11.4. The second-order valence-electron chi connectivity index (χ2n) is 5.71. The van der Waals surface area contributed by atoms with E-state index in [1.807, 2.05) is 13.8 Å². The zero-order valence-corrected chi connectivity index (χ0v) is 15.6. The Hall–Kier alpha value is -1.78. The van der Waals surface area contributed by atoms with E-state index in [1.165, 1.54) is 7.11 Å². The Morgan fingerprint density at radius 3 is 2.72 bits per heavy atom. The second kappa shape index (κ2) is 11.7. The van der Waals surface area contributed by atoms with Crippen LogP contribution in [0.4, 0.5) is 0 Å². The van der Waals surface area contributed by atoms with Crippen molar-refractivity contribution in [3.63, 3.8) is 0 Å². The lowest BCUT2D eigenvalue weighted by Crippen LogP contribution is -2.38. The van der Waals surface area contributed by atoms with Crippen molar-refractivity contribution in [2.45, 2.75) is 32.8 Å².